The average molecular weight is 294 g/mol. The number of nitrogens with zero attached hydrogens (tertiary/aromatic N) is 1. The SMILES string of the molecule is Cc1ccc(C(C)(O)CNC(=O)Cc2csc(C)n2)o1. The van der Waals surface area contributed by atoms with E-state index < -0.39 is 5.60 Å². The van der Waals surface area contributed by atoms with Gasteiger partial charge in [-0.05, 0) is 32.9 Å². The molecule has 2 rings (SSSR count). The minimum absolute atomic E-state index is 0.0991. The maximum atomic E-state index is 11.8. The molecule has 0 saturated carbocycles. The summed E-state index contributed by atoms with van der Waals surface area (Å²) in [5, 5.41) is 15.8. The molecule has 1 atom stereocenters. The maximum Gasteiger partial charge on any atom is 0.226 e. The van der Waals surface area contributed by atoms with Crippen molar-refractivity contribution in [2.45, 2.75) is 32.8 Å². The summed E-state index contributed by atoms with van der Waals surface area (Å²) in [6.07, 6.45) is 0.220. The number of aliphatic hydroxyl groups is 1. The first-order valence-electron chi connectivity index (χ1n) is 6.34. The predicted octanol–water partition coefficient (Wildman–Crippen LogP) is 1.92. The summed E-state index contributed by atoms with van der Waals surface area (Å²) in [6.45, 7) is 5.42. The molecule has 0 radical (unpaired) electrons. The smallest absolute Gasteiger partial charge is 0.226 e. The van der Waals surface area contributed by atoms with Gasteiger partial charge in [-0.3, -0.25) is 4.79 Å². The highest BCUT2D eigenvalue weighted by Gasteiger charge is 2.27. The summed E-state index contributed by atoms with van der Waals surface area (Å²) < 4.78 is 5.39. The molecule has 2 aromatic heterocycles. The van der Waals surface area contributed by atoms with Crippen molar-refractivity contribution in [1.82, 2.24) is 10.3 Å². The summed E-state index contributed by atoms with van der Waals surface area (Å²) >= 11 is 1.51. The highest BCUT2D eigenvalue weighted by Crippen LogP contribution is 2.21. The molecule has 1 unspecified atom stereocenters. The Labute approximate surface area is 121 Å². The summed E-state index contributed by atoms with van der Waals surface area (Å²) in [7, 11) is 0. The minimum atomic E-state index is -1.22. The first kappa shape index (κ1) is 14.7. The molecule has 2 N–H and O–H groups in total. The lowest BCUT2D eigenvalue weighted by Gasteiger charge is -2.21. The molecule has 1 amide bonds. The highest BCUT2D eigenvalue weighted by molar-refractivity contribution is 7.09. The van der Waals surface area contributed by atoms with Crippen LogP contribution < -0.4 is 5.32 Å². The van der Waals surface area contributed by atoms with Gasteiger partial charge < -0.3 is 14.8 Å². The van der Waals surface area contributed by atoms with E-state index in [1.54, 1.807) is 19.1 Å². The molecule has 0 bridgehead atoms. The molecule has 0 saturated heterocycles. The van der Waals surface area contributed by atoms with Crippen LogP contribution in [-0.2, 0) is 16.8 Å². The third-order valence-corrected chi connectivity index (χ3v) is 3.73. The van der Waals surface area contributed by atoms with E-state index in [0.29, 0.717) is 5.76 Å². The van der Waals surface area contributed by atoms with Crippen LogP contribution in [0.2, 0.25) is 0 Å². The van der Waals surface area contributed by atoms with Crippen LogP contribution in [0.3, 0.4) is 0 Å². The zero-order chi connectivity index (χ0) is 14.8. The third-order valence-electron chi connectivity index (χ3n) is 2.91. The van der Waals surface area contributed by atoms with Gasteiger partial charge in [0.1, 0.15) is 17.1 Å². The number of rotatable bonds is 5. The van der Waals surface area contributed by atoms with Crippen molar-refractivity contribution >= 4 is 17.2 Å². The van der Waals surface area contributed by atoms with Gasteiger partial charge >= 0.3 is 0 Å². The predicted molar refractivity (Wildman–Crippen MR) is 76.6 cm³/mol. The van der Waals surface area contributed by atoms with Crippen LogP contribution in [0.25, 0.3) is 0 Å². The van der Waals surface area contributed by atoms with Gasteiger partial charge in [0.25, 0.3) is 0 Å². The van der Waals surface area contributed by atoms with Crippen molar-refractivity contribution in [3.8, 4) is 0 Å². The largest absolute Gasteiger partial charge is 0.463 e. The van der Waals surface area contributed by atoms with E-state index in [2.05, 4.69) is 10.3 Å². The van der Waals surface area contributed by atoms with E-state index in [-0.39, 0.29) is 18.9 Å². The zero-order valence-electron chi connectivity index (χ0n) is 11.8. The number of thiazole rings is 1. The fourth-order valence-corrected chi connectivity index (χ4v) is 2.41. The molecule has 0 aliphatic rings. The molecule has 2 aromatic rings. The summed E-state index contributed by atoms with van der Waals surface area (Å²) in [5.74, 6) is 1.00. The van der Waals surface area contributed by atoms with Gasteiger partial charge in [0.05, 0.1) is 23.7 Å². The quantitative estimate of drug-likeness (QED) is 0.883. The maximum absolute atomic E-state index is 11.8. The van der Waals surface area contributed by atoms with Crippen LogP contribution in [0, 0.1) is 13.8 Å². The number of carbonyl (C=O) groups excluding carboxylic acids is 1. The number of aromatic nitrogens is 1. The Morgan fingerprint density at radius 2 is 2.25 bits per heavy atom. The Kier molecular flexibility index (Phi) is 4.25. The van der Waals surface area contributed by atoms with Crippen molar-refractivity contribution in [3.05, 3.63) is 39.7 Å². The number of amides is 1. The van der Waals surface area contributed by atoms with Crippen molar-refractivity contribution in [1.29, 1.82) is 0 Å². The van der Waals surface area contributed by atoms with Crippen molar-refractivity contribution in [2.24, 2.45) is 0 Å². The molecule has 0 aliphatic heterocycles. The molecular formula is C14H18N2O3S. The first-order chi connectivity index (χ1) is 9.37. The number of furan rings is 1. The van der Waals surface area contributed by atoms with Gasteiger partial charge in [0.15, 0.2) is 0 Å². The zero-order valence-corrected chi connectivity index (χ0v) is 12.6. The molecule has 0 fully saturated rings. The molecule has 0 aromatic carbocycles. The highest BCUT2D eigenvalue weighted by atomic mass is 32.1. The lowest BCUT2D eigenvalue weighted by molar-refractivity contribution is -0.121. The van der Waals surface area contributed by atoms with Gasteiger partial charge in [-0.1, -0.05) is 0 Å². The molecular weight excluding hydrogens is 276 g/mol. The summed E-state index contributed by atoms with van der Waals surface area (Å²) in [6, 6.07) is 3.49. The second kappa shape index (κ2) is 5.76. The third kappa shape index (κ3) is 3.68. The lowest BCUT2D eigenvalue weighted by atomic mass is 10.0. The van der Waals surface area contributed by atoms with Crippen LogP contribution in [0.15, 0.2) is 21.9 Å². The van der Waals surface area contributed by atoms with E-state index in [1.165, 1.54) is 11.3 Å². The molecule has 2 heterocycles. The normalized spacial score (nSPS) is 14.0. The fourth-order valence-electron chi connectivity index (χ4n) is 1.80. The Balaban J connectivity index is 1.89. The number of nitrogens with one attached hydrogen (secondary N) is 1. The fraction of sp³-hybridized carbons (Fsp3) is 0.429. The number of hydrogen-bond acceptors (Lipinski definition) is 5. The van der Waals surface area contributed by atoms with Gasteiger partial charge in [0.2, 0.25) is 5.91 Å². The summed E-state index contributed by atoms with van der Waals surface area (Å²) in [5.41, 5.74) is -0.472. The monoisotopic (exact) mass is 294 g/mol. The number of carbonyl (C=O) groups is 1. The Bertz CT molecular complexity index is 601. The molecule has 0 spiro atoms. The van der Waals surface area contributed by atoms with Gasteiger partial charge in [-0.2, -0.15) is 0 Å². The molecule has 108 valence electrons. The lowest BCUT2D eigenvalue weighted by Crippen LogP contribution is -2.39. The molecule has 6 heteroatoms. The summed E-state index contributed by atoms with van der Waals surface area (Å²) in [4.78, 5) is 16.0. The van der Waals surface area contributed by atoms with Gasteiger partial charge in [0, 0.05) is 5.38 Å². The Hall–Kier alpha value is -1.66. The van der Waals surface area contributed by atoms with E-state index in [9.17, 15) is 9.90 Å². The minimum Gasteiger partial charge on any atom is -0.463 e. The van der Waals surface area contributed by atoms with Crippen LogP contribution in [0.1, 0.15) is 29.1 Å². The molecule has 20 heavy (non-hydrogen) atoms. The van der Waals surface area contributed by atoms with Crippen LogP contribution in [0.5, 0.6) is 0 Å². The molecule has 0 aliphatic carbocycles. The standard InChI is InChI=1S/C14H18N2O3S/c1-9-4-5-12(19-9)14(3,18)8-15-13(17)6-11-7-20-10(2)16-11/h4-5,7,18H,6,8H2,1-3H3,(H,15,17). The van der Waals surface area contributed by atoms with E-state index in [4.69, 9.17) is 4.42 Å². The van der Waals surface area contributed by atoms with E-state index >= 15 is 0 Å². The first-order valence-corrected chi connectivity index (χ1v) is 7.22. The number of hydrogen-bond donors (Lipinski definition) is 2. The van der Waals surface area contributed by atoms with Gasteiger partial charge in [-0.25, -0.2) is 4.98 Å². The Morgan fingerprint density at radius 3 is 2.80 bits per heavy atom. The van der Waals surface area contributed by atoms with Crippen LogP contribution >= 0.6 is 11.3 Å². The molecule has 5 nitrogen and oxygen atoms in total. The van der Waals surface area contributed by atoms with E-state index in [1.807, 2.05) is 19.2 Å². The number of aryl methyl sites for hydroxylation is 2. The Morgan fingerprint density at radius 1 is 1.50 bits per heavy atom. The second-order valence-electron chi connectivity index (χ2n) is 5.00. The van der Waals surface area contributed by atoms with Crippen molar-refractivity contribution < 1.29 is 14.3 Å². The second-order valence-corrected chi connectivity index (χ2v) is 6.06. The van der Waals surface area contributed by atoms with E-state index in [0.717, 1.165) is 16.5 Å². The van der Waals surface area contributed by atoms with Crippen molar-refractivity contribution in [2.75, 3.05) is 6.54 Å². The topological polar surface area (TPSA) is 75.4 Å². The van der Waals surface area contributed by atoms with Crippen LogP contribution in [-0.4, -0.2) is 22.5 Å². The van der Waals surface area contributed by atoms with Crippen molar-refractivity contribution in [3.63, 3.8) is 0 Å². The average Bonchev–Trinajstić information content (AvgIpc) is 2.96. The van der Waals surface area contributed by atoms with Crippen LogP contribution in [0.4, 0.5) is 0 Å². The van der Waals surface area contributed by atoms with Gasteiger partial charge in [-0.15, -0.1) is 11.3 Å².